The summed E-state index contributed by atoms with van der Waals surface area (Å²) >= 11 is 0. The molecule has 0 radical (unpaired) electrons. The summed E-state index contributed by atoms with van der Waals surface area (Å²) in [6.07, 6.45) is -4.56. The molecule has 26 heteroatoms. The molecule has 0 heterocycles. The van der Waals surface area contributed by atoms with Crippen LogP contribution in [0.15, 0.2) is 4.99 Å². The molecule has 0 rings (SSSR count). The molecule has 0 aliphatic rings. The maximum Gasteiger partial charge on any atom is 0.326 e. The number of aliphatic carboxylic acids is 4. The Morgan fingerprint density at radius 2 is 0.825 bits per heavy atom. The Hall–Kier alpha value is -6.60. The molecule has 0 saturated heterocycles. The lowest BCUT2D eigenvalue weighted by Crippen LogP contribution is -2.60. The van der Waals surface area contributed by atoms with Crippen LogP contribution in [0.4, 0.5) is 0 Å². The normalized spacial score (nSPS) is 14.3. The van der Waals surface area contributed by atoms with Crippen LogP contribution in [-0.4, -0.2) is 140 Å². The van der Waals surface area contributed by atoms with Gasteiger partial charge in [0.25, 0.3) is 0 Å². The number of primary amides is 1. The summed E-state index contributed by atoms with van der Waals surface area (Å²) in [5, 5.41) is 51.4. The van der Waals surface area contributed by atoms with Crippen LogP contribution in [-0.2, 0) is 52.7 Å². The molecule has 26 nitrogen and oxygen atoms in total. The highest BCUT2D eigenvalue weighted by molar-refractivity contribution is 5.97. The summed E-state index contributed by atoms with van der Waals surface area (Å²) in [5.41, 5.74) is 21.6. The number of nitrogens with one attached hydrogen (secondary N) is 6. The second-order valence-electron chi connectivity index (χ2n) is 15.5. The van der Waals surface area contributed by atoms with E-state index < -0.39 is 152 Å². The Kier molecular flexibility index (Phi) is 25.8. The van der Waals surface area contributed by atoms with E-state index in [1.165, 1.54) is 0 Å². The van der Waals surface area contributed by atoms with E-state index in [0.29, 0.717) is 0 Å². The lowest BCUT2D eigenvalue weighted by Gasteiger charge is -2.28. The van der Waals surface area contributed by atoms with Gasteiger partial charge in [0.2, 0.25) is 41.4 Å². The highest BCUT2D eigenvalue weighted by atomic mass is 16.4. The van der Waals surface area contributed by atoms with Gasteiger partial charge in [0.1, 0.15) is 36.3 Å². The van der Waals surface area contributed by atoms with Gasteiger partial charge in [-0.15, -0.1) is 0 Å². The quantitative estimate of drug-likeness (QED) is 0.0173. The zero-order chi connectivity index (χ0) is 48.6. The first kappa shape index (κ1) is 56.4. The number of guanidine groups is 1. The predicted octanol–water partition coefficient (Wildman–Crippen LogP) is -4.08. The van der Waals surface area contributed by atoms with Crippen molar-refractivity contribution in [1.82, 2.24) is 31.9 Å². The summed E-state index contributed by atoms with van der Waals surface area (Å²) in [7, 11) is 0. The van der Waals surface area contributed by atoms with Gasteiger partial charge in [-0.25, -0.2) is 4.79 Å². The Morgan fingerprint density at radius 1 is 0.476 bits per heavy atom. The Balaban J connectivity index is 6.70. The number of carboxylic acids is 4. The first-order chi connectivity index (χ1) is 29.2. The van der Waals surface area contributed by atoms with Crippen LogP contribution >= 0.6 is 0 Å². The molecule has 7 unspecified atom stereocenters. The summed E-state index contributed by atoms with van der Waals surface area (Å²) in [6.45, 7) is 6.77. The van der Waals surface area contributed by atoms with Crippen LogP contribution in [0.5, 0.6) is 0 Å². The fourth-order valence-corrected chi connectivity index (χ4v) is 5.72. The minimum absolute atomic E-state index is 0.0152. The molecule has 0 aromatic heterocycles. The number of carbonyl (C=O) groups excluding carboxylic acids is 7. The molecule has 18 N–H and O–H groups in total. The molecule has 7 atom stereocenters. The Morgan fingerprint density at radius 3 is 1.17 bits per heavy atom. The van der Waals surface area contributed by atoms with Crippen LogP contribution in [0.3, 0.4) is 0 Å². The van der Waals surface area contributed by atoms with E-state index in [9.17, 15) is 68.1 Å². The monoisotopic (exact) mass is 901 g/mol. The van der Waals surface area contributed by atoms with Crippen molar-refractivity contribution in [3.05, 3.63) is 0 Å². The molecule has 0 aromatic carbocycles. The van der Waals surface area contributed by atoms with Gasteiger partial charge in [-0.1, -0.05) is 27.7 Å². The number of aliphatic imine (C=N–C) groups is 1. The number of carboxylic acid groups (broad SMARTS) is 4. The number of hydrogen-bond donors (Lipinski definition) is 14. The maximum absolute atomic E-state index is 13.8. The van der Waals surface area contributed by atoms with Crippen molar-refractivity contribution in [2.45, 2.75) is 141 Å². The predicted molar refractivity (Wildman–Crippen MR) is 220 cm³/mol. The number of nitrogens with two attached hydrogens (primary N) is 4. The van der Waals surface area contributed by atoms with Crippen molar-refractivity contribution in [1.29, 1.82) is 0 Å². The van der Waals surface area contributed by atoms with Gasteiger partial charge in [-0.3, -0.25) is 52.9 Å². The van der Waals surface area contributed by atoms with Gasteiger partial charge in [-0.2, -0.15) is 0 Å². The standard InChI is InChI=1S/C37H63N11O15/c1-17(2)14-24(47-30(56)19(38)16-29(54)55)35(61)46-23(9-12-28(52)53)34(60)44-21(7-10-26(39)49)32(58)45-22(8-11-27(50)51)33(59)43-20(6-5-13-42-37(40)41)31(57)48-25(36(62)63)15-18(3)4/h17-25H,5-16,38H2,1-4H3,(H2,39,49)(H,43,59)(H,44,60)(H,45,58)(H,46,61)(H,47,56)(H,48,57)(H,50,51)(H,52,53)(H,54,55)(H,62,63)(H4,40,41,42). The smallest absolute Gasteiger partial charge is 0.326 e. The molecule has 0 bridgehead atoms. The van der Waals surface area contributed by atoms with Gasteiger partial charge in [-0.05, 0) is 56.8 Å². The lowest BCUT2D eigenvalue weighted by molar-refractivity contribution is -0.143. The van der Waals surface area contributed by atoms with Crippen molar-refractivity contribution < 1.29 is 73.2 Å². The van der Waals surface area contributed by atoms with Crippen LogP contribution in [0, 0.1) is 11.8 Å². The largest absolute Gasteiger partial charge is 0.481 e. The molecule has 356 valence electrons. The molecule has 0 spiro atoms. The number of carbonyl (C=O) groups is 11. The minimum atomic E-state index is -1.75. The molecule has 0 aromatic rings. The van der Waals surface area contributed by atoms with E-state index in [1.54, 1.807) is 27.7 Å². The second-order valence-corrected chi connectivity index (χ2v) is 15.5. The number of nitrogens with zero attached hydrogens (tertiary/aromatic N) is 1. The minimum Gasteiger partial charge on any atom is -0.481 e. The van der Waals surface area contributed by atoms with Crippen LogP contribution < -0.4 is 54.8 Å². The van der Waals surface area contributed by atoms with E-state index in [2.05, 4.69) is 36.9 Å². The van der Waals surface area contributed by atoms with Crippen LogP contribution in [0.2, 0.25) is 0 Å². The lowest BCUT2D eigenvalue weighted by atomic mass is 10.0. The Bertz CT molecular complexity index is 1670. The number of rotatable bonds is 32. The third-order valence-electron chi connectivity index (χ3n) is 8.84. The maximum atomic E-state index is 13.8. The third kappa shape index (κ3) is 25.1. The van der Waals surface area contributed by atoms with Gasteiger partial charge in [0.15, 0.2) is 5.96 Å². The molecular formula is C37H63N11O15. The SMILES string of the molecule is CC(C)CC(NC(=O)C(CCCN=C(N)N)NC(=O)C(CCC(=O)O)NC(=O)C(CCC(N)=O)NC(=O)C(CCC(=O)O)NC(=O)C(CC(C)C)NC(=O)C(N)CC(=O)O)C(=O)O. The number of amides is 7. The van der Waals surface area contributed by atoms with Crippen molar-refractivity contribution in [2.24, 2.45) is 39.8 Å². The summed E-state index contributed by atoms with van der Waals surface area (Å²) in [5.74, 6) is -13.7. The zero-order valence-corrected chi connectivity index (χ0v) is 35.7. The molecule has 0 aliphatic heterocycles. The van der Waals surface area contributed by atoms with E-state index in [-0.39, 0.29) is 50.0 Å². The molecule has 0 fully saturated rings. The summed E-state index contributed by atoms with van der Waals surface area (Å²) < 4.78 is 0. The van der Waals surface area contributed by atoms with Gasteiger partial charge < -0.3 is 75.3 Å². The molecule has 63 heavy (non-hydrogen) atoms. The van der Waals surface area contributed by atoms with E-state index in [4.69, 9.17) is 28.0 Å². The zero-order valence-electron chi connectivity index (χ0n) is 35.7. The molecule has 0 saturated carbocycles. The highest BCUT2D eigenvalue weighted by Crippen LogP contribution is 2.11. The Labute approximate surface area is 362 Å². The van der Waals surface area contributed by atoms with E-state index >= 15 is 0 Å². The van der Waals surface area contributed by atoms with Crippen molar-refractivity contribution in [3.8, 4) is 0 Å². The van der Waals surface area contributed by atoms with Crippen molar-refractivity contribution in [3.63, 3.8) is 0 Å². The third-order valence-corrected chi connectivity index (χ3v) is 8.84. The average Bonchev–Trinajstić information content (AvgIpc) is 3.15. The van der Waals surface area contributed by atoms with Gasteiger partial charge >= 0.3 is 23.9 Å². The molecule has 0 aliphatic carbocycles. The summed E-state index contributed by atoms with van der Waals surface area (Å²) in [6, 6.07) is -11.0. The first-order valence-electron chi connectivity index (χ1n) is 20.0. The second kappa shape index (κ2) is 28.8. The van der Waals surface area contributed by atoms with Crippen molar-refractivity contribution >= 4 is 71.2 Å². The fourth-order valence-electron chi connectivity index (χ4n) is 5.72. The first-order valence-corrected chi connectivity index (χ1v) is 20.0. The topological polar surface area (TPSA) is 457 Å². The van der Waals surface area contributed by atoms with Gasteiger partial charge in [0.05, 0.1) is 12.5 Å². The fraction of sp³-hybridized carbons (Fsp3) is 0.676. The van der Waals surface area contributed by atoms with E-state index in [0.717, 1.165) is 0 Å². The molecular weight excluding hydrogens is 838 g/mol. The highest BCUT2D eigenvalue weighted by Gasteiger charge is 2.34. The van der Waals surface area contributed by atoms with Crippen LogP contribution in [0.1, 0.15) is 98.3 Å². The molecule has 7 amide bonds. The van der Waals surface area contributed by atoms with Gasteiger partial charge in [0, 0.05) is 25.8 Å². The average molecular weight is 902 g/mol. The summed E-state index contributed by atoms with van der Waals surface area (Å²) in [4.78, 5) is 142. The van der Waals surface area contributed by atoms with Crippen molar-refractivity contribution in [2.75, 3.05) is 6.54 Å². The van der Waals surface area contributed by atoms with E-state index in [1.807, 2.05) is 0 Å². The number of hydrogen-bond acceptors (Lipinski definition) is 13. The van der Waals surface area contributed by atoms with Crippen LogP contribution in [0.25, 0.3) is 0 Å².